The normalized spacial score (nSPS) is 13.3. The third-order valence-corrected chi connectivity index (χ3v) is 6.09. The minimum absolute atomic E-state index is 0. The molecule has 0 atom stereocenters. The van der Waals surface area contributed by atoms with Gasteiger partial charge in [0.25, 0.3) is 5.56 Å². The van der Waals surface area contributed by atoms with Gasteiger partial charge in [0.1, 0.15) is 24.0 Å². The Labute approximate surface area is 196 Å². The van der Waals surface area contributed by atoms with Crippen molar-refractivity contribution >= 4 is 23.3 Å². The molecule has 5 rings (SSSR count). The maximum Gasteiger partial charge on any atom is 0.258 e. The van der Waals surface area contributed by atoms with Crippen LogP contribution in [0.4, 0.5) is 8.78 Å². The minimum Gasteiger partial charge on any atom is -0.489 e. The van der Waals surface area contributed by atoms with Gasteiger partial charge in [-0.2, -0.15) is 0 Å². The van der Waals surface area contributed by atoms with Gasteiger partial charge in [0.15, 0.2) is 0 Å². The van der Waals surface area contributed by atoms with E-state index in [1.807, 2.05) is 12.1 Å². The SMILES string of the molecule is Cl.Cn1c2c(c3ccc(-n4ccc(OCc5ccc(F)cc5F)cc4=O)cc31)CCNCC2. The highest BCUT2D eigenvalue weighted by atomic mass is 35.5. The van der Waals surface area contributed by atoms with E-state index >= 15 is 0 Å². The van der Waals surface area contributed by atoms with E-state index in [0.29, 0.717) is 5.75 Å². The quantitative estimate of drug-likeness (QED) is 0.483. The molecular weight excluding hydrogens is 448 g/mol. The van der Waals surface area contributed by atoms with Gasteiger partial charge in [-0.05, 0) is 48.9 Å². The van der Waals surface area contributed by atoms with Crippen LogP contribution in [-0.4, -0.2) is 22.2 Å². The summed E-state index contributed by atoms with van der Waals surface area (Å²) in [5.41, 5.74) is 4.57. The molecule has 172 valence electrons. The molecule has 4 aromatic rings. The molecule has 3 heterocycles. The lowest BCUT2D eigenvalue weighted by Gasteiger charge is -2.10. The van der Waals surface area contributed by atoms with Gasteiger partial charge in [0.2, 0.25) is 0 Å². The minimum atomic E-state index is -0.677. The van der Waals surface area contributed by atoms with Crippen molar-refractivity contribution in [1.29, 1.82) is 0 Å². The second-order valence-corrected chi connectivity index (χ2v) is 8.03. The molecule has 0 saturated carbocycles. The molecule has 0 radical (unpaired) electrons. The second-order valence-electron chi connectivity index (χ2n) is 8.03. The number of ether oxygens (including phenoxy) is 1. The average Bonchev–Trinajstić information content (AvgIpc) is 2.93. The van der Waals surface area contributed by atoms with E-state index in [1.54, 1.807) is 16.8 Å². The zero-order valence-corrected chi connectivity index (χ0v) is 18.9. The Morgan fingerprint density at radius 2 is 1.85 bits per heavy atom. The van der Waals surface area contributed by atoms with Crippen molar-refractivity contribution in [3.8, 4) is 11.4 Å². The third kappa shape index (κ3) is 4.38. The Morgan fingerprint density at radius 1 is 1.03 bits per heavy atom. The Kier molecular flexibility index (Phi) is 6.54. The van der Waals surface area contributed by atoms with Crippen molar-refractivity contribution < 1.29 is 13.5 Å². The van der Waals surface area contributed by atoms with Crippen LogP contribution in [0.5, 0.6) is 5.75 Å². The average molecular weight is 472 g/mol. The van der Waals surface area contributed by atoms with Crippen molar-refractivity contribution in [2.24, 2.45) is 7.05 Å². The molecule has 0 bridgehead atoms. The lowest BCUT2D eigenvalue weighted by atomic mass is 10.1. The fourth-order valence-corrected chi connectivity index (χ4v) is 4.41. The van der Waals surface area contributed by atoms with E-state index in [0.717, 1.165) is 43.2 Å². The number of pyridine rings is 1. The lowest BCUT2D eigenvalue weighted by Crippen LogP contribution is -2.17. The Balaban J connectivity index is 0.00000259. The third-order valence-electron chi connectivity index (χ3n) is 6.09. The number of fused-ring (bicyclic) bond motifs is 3. The van der Waals surface area contributed by atoms with Crippen LogP contribution in [0.1, 0.15) is 16.8 Å². The van der Waals surface area contributed by atoms with Crippen molar-refractivity contribution in [2.75, 3.05) is 13.1 Å². The number of halogens is 3. The molecule has 1 aliphatic rings. The highest BCUT2D eigenvalue weighted by Crippen LogP contribution is 2.29. The molecule has 2 aromatic carbocycles. The summed E-state index contributed by atoms with van der Waals surface area (Å²) in [5, 5.41) is 4.67. The summed E-state index contributed by atoms with van der Waals surface area (Å²) >= 11 is 0. The van der Waals surface area contributed by atoms with Crippen LogP contribution in [0.25, 0.3) is 16.6 Å². The van der Waals surface area contributed by atoms with Gasteiger partial charge in [0.05, 0.1) is 11.2 Å². The van der Waals surface area contributed by atoms with Crippen LogP contribution in [0.15, 0.2) is 59.5 Å². The smallest absolute Gasteiger partial charge is 0.258 e. The predicted molar refractivity (Wildman–Crippen MR) is 127 cm³/mol. The Morgan fingerprint density at radius 3 is 2.64 bits per heavy atom. The van der Waals surface area contributed by atoms with Gasteiger partial charge >= 0.3 is 0 Å². The molecule has 0 spiro atoms. The summed E-state index contributed by atoms with van der Waals surface area (Å²) in [5.74, 6) is -0.991. The molecule has 2 aromatic heterocycles. The second kappa shape index (κ2) is 9.37. The van der Waals surface area contributed by atoms with Crippen molar-refractivity contribution in [1.82, 2.24) is 14.5 Å². The molecule has 0 unspecified atom stereocenters. The zero-order chi connectivity index (χ0) is 22.2. The van der Waals surface area contributed by atoms with Crippen molar-refractivity contribution in [3.63, 3.8) is 0 Å². The number of hydrogen-bond donors (Lipinski definition) is 1. The molecular formula is C25H24ClF2N3O2. The number of benzene rings is 2. The molecule has 0 aliphatic carbocycles. The van der Waals surface area contributed by atoms with Gasteiger partial charge in [-0.1, -0.05) is 6.07 Å². The zero-order valence-electron chi connectivity index (χ0n) is 18.1. The fourth-order valence-electron chi connectivity index (χ4n) is 4.41. The predicted octanol–water partition coefficient (Wildman–Crippen LogP) is 4.30. The largest absolute Gasteiger partial charge is 0.489 e. The fraction of sp³-hybridized carbons (Fsp3) is 0.240. The van der Waals surface area contributed by atoms with Gasteiger partial charge in [-0.15, -0.1) is 12.4 Å². The maximum absolute atomic E-state index is 13.8. The summed E-state index contributed by atoms with van der Waals surface area (Å²) < 4.78 is 36.2. The van der Waals surface area contributed by atoms with Crippen molar-refractivity contribution in [3.05, 3.63) is 93.5 Å². The van der Waals surface area contributed by atoms with E-state index in [4.69, 9.17) is 4.74 Å². The van der Waals surface area contributed by atoms with Crippen LogP contribution in [-0.2, 0) is 26.5 Å². The van der Waals surface area contributed by atoms with E-state index < -0.39 is 11.6 Å². The highest BCUT2D eigenvalue weighted by Gasteiger charge is 2.17. The molecule has 0 saturated heterocycles. The first-order valence-corrected chi connectivity index (χ1v) is 10.6. The van der Waals surface area contributed by atoms with Crippen LogP contribution in [0.3, 0.4) is 0 Å². The first-order valence-electron chi connectivity index (χ1n) is 10.6. The van der Waals surface area contributed by atoms with Crippen molar-refractivity contribution in [2.45, 2.75) is 19.4 Å². The molecule has 0 fully saturated rings. The number of rotatable bonds is 4. The van der Waals surface area contributed by atoms with Gasteiger partial charge in [-0.25, -0.2) is 8.78 Å². The Bertz CT molecular complexity index is 1380. The van der Waals surface area contributed by atoms with E-state index in [1.165, 1.54) is 34.8 Å². The van der Waals surface area contributed by atoms with Crippen LogP contribution < -0.4 is 15.6 Å². The van der Waals surface area contributed by atoms with Gasteiger partial charge in [0, 0.05) is 55.0 Å². The van der Waals surface area contributed by atoms with E-state index in [-0.39, 0.29) is 30.1 Å². The lowest BCUT2D eigenvalue weighted by molar-refractivity contribution is 0.298. The Hall–Kier alpha value is -3.16. The standard InChI is InChI=1S/C25H23F2N3O2.ClH/c1-29-23-7-10-28-9-6-21(23)20-5-4-18(13-24(20)29)30-11-8-19(14-25(30)31)32-15-16-2-3-17(26)12-22(16)27;/h2-5,8,11-14,28H,6-7,9-10,15H2,1H3;1H. The van der Waals surface area contributed by atoms with Crippen LogP contribution in [0.2, 0.25) is 0 Å². The summed E-state index contributed by atoms with van der Waals surface area (Å²) in [6, 6.07) is 12.4. The molecule has 8 heteroatoms. The summed E-state index contributed by atoms with van der Waals surface area (Å²) in [6.07, 6.45) is 3.63. The topological polar surface area (TPSA) is 48.2 Å². The number of nitrogens with one attached hydrogen (secondary N) is 1. The van der Waals surface area contributed by atoms with Crippen LogP contribution >= 0.6 is 12.4 Å². The first kappa shape index (κ1) is 23.0. The van der Waals surface area contributed by atoms with E-state index in [2.05, 4.69) is 23.0 Å². The summed E-state index contributed by atoms with van der Waals surface area (Å²) in [4.78, 5) is 12.8. The monoisotopic (exact) mass is 471 g/mol. The molecule has 0 amide bonds. The molecule has 1 aliphatic heterocycles. The van der Waals surface area contributed by atoms with E-state index in [9.17, 15) is 13.6 Å². The van der Waals surface area contributed by atoms with Crippen LogP contribution in [0, 0.1) is 11.6 Å². The summed E-state index contributed by atoms with van der Waals surface area (Å²) in [6.45, 7) is 1.84. The molecule has 33 heavy (non-hydrogen) atoms. The maximum atomic E-state index is 13.8. The van der Waals surface area contributed by atoms with Gasteiger partial charge < -0.3 is 14.6 Å². The summed E-state index contributed by atoms with van der Waals surface area (Å²) in [7, 11) is 2.07. The molecule has 1 N–H and O–H groups in total. The molecule has 5 nitrogen and oxygen atoms in total. The number of aromatic nitrogens is 2. The highest BCUT2D eigenvalue weighted by molar-refractivity contribution is 5.87. The number of hydrogen-bond acceptors (Lipinski definition) is 3. The van der Waals surface area contributed by atoms with Gasteiger partial charge in [-0.3, -0.25) is 9.36 Å². The number of aryl methyl sites for hydroxylation is 1. The number of nitrogens with zero attached hydrogens (tertiary/aromatic N) is 2. The first-order chi connectivity index (χ1) is 15.5.